The van der Waals surface area contributed by atoms with Gasteiger partial charge in [-0.05, 0) is 42.4 Å². The highest BCUT2D eigenvalue weighted by atomic mass is 32.2. The molecule has 0 amide bonds. The number of benzene rings is 2. The lowest BCUT2D eigenvalue weighted by Gasteiger charge is -2.13. The minimum Gasteiger partial charge on any atom is -0.484 e. The van der Waals surface area contributed by atoms with Gasteiger partial charge in [-0.3, -0.25) is 4.99 Å². The quantitative estimate of drug-likeness (QED) is 0.430. The molecule has 0 saturated heterocycles. The minimum atomic E-state index is -4.38. The Kier molecular flexibility index (Phi) is 8.07. The molecule has 0 aliphatic heterocycles. The maximum atomic E-state index is 12.2. The monoisotopic (exact) mass is 444 g/mol. The molecule has 0 saturated carbocycles. The van der Waals surface area contributed by atoms with Gasteiger partial charge in [0.25, 0.3) is 0 Å². The highest BCUT2D eigenvalue weighted by molar-refractivity contribution is 7.89. The van der Waals surface area contributed by atoms with Crippen molar-refractivity contribution >= 4 is 16.0 Å². The van der Waals surface area contributed by atoms with Gasteiger partial charge in [0.05, 0.1) is 4.90 Å². The van der Waals surface area contributed by atoms with Crippen LogP contribution in [0.2, 0.25) is 0 Å². The summed E-state index contributed by atoms with van der Waals surface area (Å²) >= 11 is 0. The second-order valence-electron chi connectivity index (χ2n) is 6.18. The fraction of sp³-hybridized carbons (Fsp3) is 0.316. The van der Waals surface area contributed by atoms with E-state index in [2.05, 4.69) is 25.1 Å². The van der Waals surface area contributed by atoms with Crippen molar-refractivity contribution in [2.75, 3.05) is 20.7 Å². The van der Waals surface area contributed by atoms with E-state index < -0.39 is 22.8 Å². The molecule has 0 bridgehead atoms. The Morgan fingerprint density at radius 2 is 1.47 bits per heavy atom. The first-order valence-electron chi connectivity index (χ1n) is 8.88. The summed E-state index contributed by atoms with van der Waals surface area (Å²) in [6.45, 7) is -0.509. The van der Waals surface area contributed by atoms with Crippen molar-refractivity contribution in [3.63, 3.8) is 0 Å². The molecule has 2 aromatic carbocycles. The Morgan fingerprint density at radius 3 is 1.90 bits per heavy atom. The van der Waals surface area contributed by atoms with E-state index in [0.29, 0.717) is 19.0 Å². The fourth-order valence-electron chi connectivity index (χ4n) is 2.37. The van der Waals surface area contributed by atoms with Gasteiger partial charge in [-0.1, -0.05) is 24.3 Å². The van der Waals surface area contributed by atoms with Crippen LogP contribution in [0.15, 0.2) is 58.4 Å². The molecule has 0 atom stereocenters. The van der Waals surface area contributed by atoms with Crippen molar-refractivity contribution in [3.05, 3.63) is 59.7 Å². The number of ether oxygens (including phenoxy) is 1. The van der Waals surface area contributed by atoms with Crippen LogP contribution in [-0.4, -0.2) is 41.3 Å². The number of rotatable bonds is 8. The summed E-state index contributed by atoms with van der Waals surface area (Å²) in [6, 6.07) is 12.7. The average Bonchev–Trinajstić information content (AvgIpc) is 2.73. The number of hydrogen-bond acceptors (Lipinski definition) is 4. The molecule has 2 aromatic rings. The van der Waals surface area contributed by atoms with E-state index in [1.165, 1.54) is 31.3 Å². The normalized spacial score (nSPS) is 12.5. The summed E-state index contributed by atoms with van der Waals surface area (Å²) in [6.07, 6.45) is -4.38. The van der Waals surface area contributed by atoms with Gasteiger partial charge < -0.3 is 15.4 Å². The van der Waals surface area contributed by atoms with Crippen molar-refractivity contribution in [2.45, 2.75) is 24.2 Å². The predicted octanol–water partition coefficient (Wildman–Crippen LogP) is 2.40. The molecule has 11 heteroatoms. The highest BCUT2D eigenvalue weighted by Gasteiger charge is 2.28. The van der Waals surface area contributed by atoms with Crippen LogP contribution in [0.3, 0.4) is 0 Å². The standard InChI is InChI=1S/C19H23F3N4O3S/c1-23-18(26-12-15-5-9-17(10-6-15)30(27,28)24-2)25-11-14-3-7-16(8-4-14)29-13-19(20,21)22/h3-10,24H,11-13H2,1-2H3,(H2,23,25,26). The molecular formula is C19H23F3N4O3S. The van der Waals surface area contributed by atoms with Gasteiger partial charge in [-0.15, -0.1) is 0 Å². The number of nitrogens with one attached hydrogen (secondary N) is 3. The molecule has 0 aromatic heterocycles. The third-order valence-corrected chi connectivity index (χ3v) is 5.40. The van der Waals surface area contributed by atoms with Gasteiger partial charge in [-0.25, -0.2) is 13.1 Å². The number of nitrogens with zero attached hydrogens (tertiary/aromatic N) is 1. The molecule has 0 heterocycles. The first-order chi connectivity index (χ1) is 14.1. The van der Waals surface area contributed by atoms with E-state index in [1.54, 1.807) is 31.3 Å². The van der Waals surface area contributed by atoms with Crippen LogP contribution in [0.1, 0.15) is 11.1 Å². The highest BCUT2D eigenvalue weighted by Crippen LogP contribution is 2.18. The van der Waals surface area contributed by atoms with Crippen molar-refractivity contribution < 1.29 is 26.3 Å². The topological polar surface area (TPSA) is 91.8 Å². The van der Waals surface area contributed by atoms with Crippen LogP contribution < -0.4 is 20.1 Å². The lowest BCUT2D eigenvalue weighted by Crippen LogP contribution is -2.36. The Labute approximate surface area is 173 Å². The van der Waals surface area contributed by atoms with Gasteiger partial charge in [0.15, 0.2) is 12.6 Å². The van der Waals surface area contributed by atoms with E-state index in [1.807, 2.05) is 0 Å². The Balaban J connectivity index is 1.83. The lowest BCUT2D eigenvalue weighted by molar-refractivity contribution is -0.153. The predicted molar refractivity (Wildman–Crippen MR) is 108 cm³/mol. The maximum Gasteiger partial charge on any atom is 0.422 e. The zero-order chi connectivity index (χ0) is 22.2. The molecule has 2 rings (SSSR count). The number of alkyl halides is 3. The van der Waals surface area contributed by atoms with Gasteiger partial charge in [-0.2, -0.15) is 13.2 Å². The summed E-state index contributed by atoms with van der Waals surface area (Å²) in [5.41, 5.74) is 1.69. The first kappa shape index (κ1) is 23.5. The molecule has 0 aliphatic rings. The molecule has 30 heavy (non-hydrogen) atoms. The lowest BCUT2D eigenvalue weighted by atomic mass is 10.2. The molecule has 0 unspecified atom stereocenters. The third-order valence-electron chi connectivity index (χ3n) is 3.97. The molecule has 0 aliphatic carbocycles. The Morgan fingerprint density at radius 1 is 0.967 bits per heavy atom. The van der Waals surface area contributed by atoms with Crippen LogP contribution in [0.4, 0.5) is 13.2 Å². The van der Waals surface area contributed by atoms with Crippen molar-refractivity contribution in [1.29, 1.82) is 0 Å². The maximum absolute atomic E-state index is 12.2. The number of aliphatic imine (C=N–C) groups is 1. The smallest absolute Gasteiger partial charge is 0.422 e. The average molecular weight is 444 g/mol. The van der Waals surface area contributed by atoms with E-state index in [4.69, 9.17) is 0 Å². The van der Waals surface area contributed by atoms with Crippen LogP contribution in [-0.2, 0) is 23.1 Å². The van der Waals surface area contributed by atoms with Crippen LogP contribution in [0, 0.1) is 0 Å². The van der Waals surface area contributed by atoms with Crippen LogP contribution >= 0.6 is 0 Å². The second-order valence-corrected chi connectivity index (χ2v) is 8.07. The largest absolute Gasteiger partial charge is 0.484 e. The molecule has 3 N–H and O–H groups in total. The number of guanidine groups is 1. The summed E-state index contributed by atoms with van der Waals surface area (Å²) in [4.78, 5) is 4.28. The van der Waals surface area contributed by atoms with E-state index in [-0.39, 0.29) is 10.6 Å². The molecule has 164 valence electrons. The number of hydrogen-bond donors (Lipinski definition) is 3. The second kappa shape index (κ2) is 10.3. The first-order valence-corrected chi connectivity index (χ1v) is 10.4. The van der Waals surface area contributed by atoms with Gasteiger partial charge >= 0.3 is 6.18 Å². The van der Waals surface area contributed by atoms with Crippen LogP contribution in [0.25, 0.3) is 0 Å². The summed E-state index contributed by atoms with van der Waals surface area (Å²) in [7, 11) is -0.521. The minimum absolute atomic E-state index is 0.141. The molecular weight excluding hydrogens is 421 g/mol. The van der Waals surface area contributed by atoms with Crippen molar-refractivity contribution in [2.24, 2.45) is 4.99 Å². The summed E-state index contributed by atoms with van der Waals surface area (Å²) < 4.78 is 66.9. The zero-order valence-corrected chi connectivity index (χ0v) is 17.3. The molecule has 7 nitrogen and oxygen atoms in total. The zero-order valence-electron chi connectivity index (χ0n) is 16.5. The van der Waals surface area contributed by atoms with Gasteiger partial charge in [0, 0.05) is 20.1 Å². The molecule has 0 radical (unpaired) electrons. The van der Waals surface area contributed by atoms with Crippen LogP contribution in [0.5, 0.6) is 5.75 Å². The van der Waals surface area contributed by atoms with E-state index in [0.717, 1.165) is 11.1 Å². The van der Waals surface area contributed by atoms with Gasteiger partial charge in [0.2, 0.25) is 10.0 Å². The Bertz CT molecular complexity index is 944. The Hall–Kier alpha value is -2.79. The molecule has 0 fully saturated rings. The fourth-order valence-corrected chi connectivity index (χ4v) is 3.10. The van der Waals surface area contributed by atoms with E-state index >= 15 is 0 Å². The van der Waals surface area contributed by atoms with Gasteiger partial charge in [0.1, 0.15) is 5.75 Å². The van der Waals surface area contributed by atoms with Crippen molar-refractivity contribution in [1.82, 2.24) is 15.4 Å². The van der Waals surface area contributed by atoms with E-state index in [9.17, 15) is 21.6 Å². The number of sulfonamides is 1. The number of halogens is 3. The molecule has 0 spiro atoms. The summed E-state index contributed by atoms with van der Waals surface area (Å²) in [5, 5.41) is 6.19. The van der Waals surface area contributed by atoms with Crippen molar-refractivity contribution in [3.8, 4) is 5.75 Å². The third kappa shape index (κ3) is 7.56. The SMILES string of the molecule is CN=C(NCc1ccc(OCC(F)(F)F)cc1)NCc1ccc(S(=O)(=O)NC)cc1. The summed E-state index contributed by atoms with van der Waals surface area (Å²) in [5.74, 6) is 0.654.